The minimum atomic E-state index is -2.94. The summed E-state index contributed by atoms with van der Waals surface area (Å²) in [6, 6.07) is -2.05. The largest absolute Gasteiger partial charge is 0.480 e. The van der Waals surface area contributed by atoms with E-state index in [1.54, 1.807) is 0 Å². The molecule has 2 rings (SSSR count). The first-order valence-electron chi connectivity index (χ1n) is 9.01. The van der Waals surface area contributed by atoms with Gasteiger partial charge in [-0.05, 0) is 32.1 Å². The van der Waals surface area contributed by atoms with Crippen LogP contribution in [0, 0.1) is 0 Å². The maximum atomic E-state index is 13.9. The van der Waals surface area contributed by atoms with E-state index in [0.29, 0.717) is 51.5 Å². The van der Waals surface area contributed by atoms with E-state index >= 15 is 0 Å². The van der Waals surface area contributed by atoms with Gasteiger partial charge in [0.1, 0.15) is 12.1 Å². The summed E-state index contributed by atoms with van der Waals surface area (Å²) in [4.78, 5) is 37.5. The Morgan fingerprint density at radius 1 is 1.08 bits per heavy atom. The van der Waals surface area contributed by atoms with Crippen molar-refractivity contribution in [1.29, 1.82) is 0 Å². The van der Waals surface area contributed by atoms with Crippen molar-refractivity contribution in [2.45, 2.75) is 82.2 Å². The molecule has 25 heavy (non-hydrogen) atoms. The Bertz CT molecular complexity index is 513. The van der Waals surface area contributed by atoms with Crippen molar-refractivity contribution >= 4 is 17.8 Å². The van der Waals surface area contributed by atoms with Crippen LogP contribution in [0.5, 0.6) is 0 Å². The molecular formula is C17H26F2N2O4. The van der Waals surface area contributed by atoms with Crippen LogP contribution in [0.25, 0.3) is 0 Å². The van der Waals surface area contributed by atoms with Crippen molar-refractivity contribution in [2.75, 3.05) is 6.54 Å². The average molecular weight is 360 g/mol. The highest BCUT2D eigenvalue weighted by atomic mass is 19.3. The Hall–Kier alpha value is -1.73. The van der Waals surface area contributed by atoms with Crippen molar-refractivity contribution in [3.63, 3.8) is 0 Å². The maximum absolute atomic E-state index is 13.9. The molecule has 142 valence electrons. The van der Waals surface area contributed by atoms with E-state index < -0.39 is 36.3 Å². The zero-order valence-electron chi connectivity index (χ0n) is 14.3. The third-order valence-corrected chi connectivity index (χ3v) is 4.97. The second kappa shape index (κ2) is 8.58. The Morgan fingerprint density at radius 2 is 1.80 bits per heavy atom. The van der Waals surface area contributed by atoms with E-state index in [2.05, 4.69) is 5.32 Å². The van der Waals surface area contributed by atoms with Gasteiger partial charge >= 0.3 is 5.97 Å². The van der Waals surface area contributed by atoms with Crippen molar-refractivity contribution < 1.29 is 28.3 Å². The molecule has 0 aliphatic carbocycles. The Morgan fingerprint density at radius 3 is 2.52 bits per heavy atom. The number of nitrogens with one attached hydrogen (secondary N) is 1. The molecule has 0 aromatic heterocycles. The van der Waals surface area contributed by atoms with Gasteiger partial charge in [-0.25, -0.2) is 13.6 Å². The number of alkyl halides is 2. The molecule has 0 aromatic carbocycles. The second-order valence-electron chi connectivity index (χ2n) is 6.95. The van der Waals surface area contributed by atoms with Gasteiger partial charge in [-0.3, -0.25) is 9.59 Å². The van der Waals surface area contributed by atoms with Gasteiger partial charge in [-0.2, -0.15) is 0 Å². The normalized spacial score (nSPS) is 29.3. The molecule has 2 heterocycles. The number of halogens is 2. The van der Waals surface area contributed by atoms with Gasteiger partial charge in [-0.15, -0.1) is 0 Å². The van der Waals surface area contributed by atoms with E-state index in [-0.39, 0.29) is 18.7 Å². The van der Waals surface area contributed by atoms with E-state index in [9.17, 15) is 28.3 Å². The summed E-state index contributed by atoms with van der Waals surface area (Å²) in [7, 11) is 0. The minimum absolute atomic E-state index is 0.121. The minimum Gasteiger partial charge on any atom is -0.480 e. The molecule has 2 unspecified atom stereocenters. The van der Waals surface area contributed by atoms with Crippen LogP contribution >= 0.6 is 0 Å². The lowest BCUT2D eigenvalue weighted by molar-refractivity contribution is -0.144. The number of hydrogen-bond acceptors (Lipinski definition) is 3. The monoisotopic (exact) mass is 360 g/mol. The quantitative estimate of drug-likeness (QED) is 0.751. The topological polar surface area (TPSA) is 86.7 Å². The molecule has 6 nitrogen and oxygen atoms in total. The van der Waals surface area contributed by atoms with Gasteiger partial charge in [0.15, 0.2) is 0 Å². The SMILES string of the molecule is O=C(O)C1CCC(F)(F)CCCCCCC(=O)N2CCCC2C(=O)N1. The highest BCUT2D eigenvalue weighted by molar-refractivity contribution is 5.90. The van der Waals surface area contributed by atoms with Gasteiger partial charge in [0.25, 0.3) is 0 Å². The third-order valence-electron chi connectivity index (χ3n) is 4.97. The number of hydrogen-bond donors (Lipinski definition) is 2. The van der Waals surface area contributed by atoms with Crippen LogP contribution in [0.1, 0.15) is 64.2 Å². The van der Waals surface area contributed by atoms with E-state index in [0.717, 1.165) is 0 Å². The first-order chi connectivity index (χ1) is 11.8. The van der Waals surface area contributed by atoms with Gasteiger partial charge in [0.2, 0.25) is 17.7 Å². The number of carboxylic acid groups (broad SMARTS) is 1. The number of fused-ring (bicyclic) bond motifs is 1. The standard InChI is InChI=1S/C17H26F2N2O4/c18-17(19)9-4-2-1-3-7-14(22)21-11-5-6-13(21)15(23)20-12(8-10-17)16(24)25/h12-13H,1-11H2,(H,20,23)(H,24,25). The number of nitrogens with zero attached hydrogens (tertiary/aromatic N) is 1. The van der Waals surface area contributed by atoms with Gasteiger partial charge in [0, 0.05) is 25.8 Å². The molecule has 2 aliphatic rings. The van der Waals surface area contributed by atoms with Crippen molar-refractivity contribution in [2.24, 2.45) is 0 Å². The molecule has 2 fully saturated rings. The Kier molecular flexibility index (Phi) is 6.72. The van der Waals surface area contributed by atoms with Crippen LogP contribution in [0.15, 0.2) is 0 Å². The van der Waals surface area contributed by atoms with Crippen molar-refractivity contribution in [3.8, 4) is 0 Å². The van der Waals surface area contributed by atoms with Crippen molar-refractivity contribution in [3.05, 3.63) is 0 Å². The Balaban J connectivity index is 2.12. The van der Waals surface area contributed by atoms with Crippen molar-refractivity contribution in [1.82, 2.24) is 10.2 Å². The number of rotatable bonds is 1. The van der Waals surface area contributed by atoms with Gasteiger partial charge < -0.3 is 15.3 Å². The highest BCUT2D eigenvalue weighted by Crippen LogP contribution is 2.29. The number of amides is 2. The van der Waals surface area contributed by atoms with Crippen LogP contribution in [0.3, 0.4) is 0 Å². The zero-order chi connectivity index (χ0) is 18.4. The molecule has 2 amide bonds. The smallest absolute Gasteiger partial charge is 0.326 e. The van der Waals surface area contributed by atoms with Gasteiger partial charge in [0.05, 0.1) is 0 Å². The molecule has 0 spiro atoms. The Labute approximate surface area is 145 Å². The first kappa shape index (κ1) is 19.6. The lowest BCUT2D eigenvalue weighted by atomic mass is 10.0. The molecule has 2 atom stereocenters. The van der Waals surface area contributed by atoms with Crippen LogP contribution < -0.4 is 5.32 Å². The van der Waals surface area contributed by atoms with E-state index in [4.69, 9.17) is 0 Å². The number of aliphatic carboxylic acids is 1. The summed E-state index contributed by atoms with van der Waals surface area (Å²) in [5.41, 5.74) is 0. The summed E-state index contributed by atoms with van der Waals surface area (Å²) in [5.74, 6) is -4.95. The fraction of sp³-hybridized carbons (Fsp3) is 0.824. The van der Waals surface area contributed by atoms with Crippen LogP contribution in [-0.4, -0.2) is 52.3 Å². The van der Waals surface area contributed by atoms with Crippen LogP contribution in [-0.2, 0) is 14.4 Å². The summed E-state index contributed by atoms with van der Waals surface area (Å²) in [6.45, 7) is 0.479. The molecule has 0 saturated carbocycles. The summed E-state index contributed by atoms with van der Waals surface area (Å²) >= 11 is 0. The van der Waals surface area contributed by atoms with E-state index in [1.807, 2.05) is 0 Å². The molecule has 2 saturated heterocycles. The molecule has 0 bridgehead atoms. The third kappa shape index (κ3) is 5.64. The summed E-state index contributed by atoms with van der Waals surface area (Å²) in [6.07, 6.45) is 2.53. The molecule has 2 N–H and O–H groups in total. The molecule has 0 radical (unpaired) electrons. The first-order valence-corrected chi connectivity index (χ1v) is 9.01. The zero-order valence-corrected chi connectivity index (χ0v) is 14.3. The average Bonchev–Trinajstić information content (AvgIpc) is 3.03. The number of carbonyl (C=O) groups is 3. The molecule has 0 aromatic rings. The lowest BCUT2D eigenvalue weighted by Gasteiger charge is -2.26. The second-order valence-corrected chi connectivity index (χ2v) is 6.95. The predicted octanol–water partition coefficient (Wildman–Crippen LogP) is 2.32. The fourth-order valence-corrected chi connectivity index (χ4v) is 3.50. The maximum Gasteiger partial charge on any atom is 0.326 e. The van der Waals surface area contributed by atoms with E-state index in [1.165, 1.54) is 4.90 Å². The summed E-state index contributed by atoms with van der Waals surface area (Å²) < 4.78 is 27.8. The fourth-order valence-electron chi connectivity index (χ4n) is 3.50. The van der Waals surface area contributed by atoms with Crippen LogP contribution in [0.4, 0.5) is 8.78 Å². The van der Waals surface area contributed by atoms with Gasteiger partial charge in [-0.1, -0.05) is 12.8 Å². The number of carbonyl (C=O) groups excluding carboxylic acids is 2. The molecule has 2 aliphatic heterocycles. The number of carboxylic acids is 1. The molecule has 8 heteroatoms. The highest BCUT2D eigenvalue weighted by Gasteiger charge is 2.37. The lowest BCUT2D eigenvalue weighted by Crippen LogP contribution is -2.51. The summed E-state index contributed by atoms with van der Waals surface area (Å²) in [5, 5.41) is 11.6. The predicted molar refractivity (Wildman–Crippen MR) is 86.2 cm³/mol. The van der Waals surface area contributed by atoms with Crippen LogP contribution in [0.2, 0.25) is 0 Å². The molecular weight excluding hydrogens is 334 g/mol.